The lowest BCUT2D eigenvalue weighted by atomic mass is 10.1. The van der Waals surface area contributed by atoms with Crippen molar-refractivity contribution in [3.63, 3.8) is 0 Å². The Morgan fingerprint density at radius 2 is 1.86 bits per heavy atom. The van der Waals surface area contributed by atoms with Gasteiger partial charge >= 0.3 is 0 Å². The quantitative estimate of drug-likeness (QED) is 0.679. The van der Waals surface area contributed by atoms with Crippen LogP contribution in [0.5, 0.6) is 0 Å². The Morgan fingerprint density at radius 1 is 1.29 bits per heavy atom. The van der Waals surface area contributed by atoms with Crippen molar-refractivity contribution in [2.75, 3.05) is 0 Å². The predicted octanol–water partition coefficient (Wildman–Crippen LogP) is 4.62. The summed E-state index contributed by atoms with van der Waals surface area (Å²) in [6, 6.07) is 4.09. The van der Waals surface area contributed by atoms with Gasteiger partial charge in [-0.2, -0.15) is 0 Å². The van der Waals surface area contributed by atoms with Crippen molar-refractivity contribution in [3.05, 3.63) is 47.4 Å². The molecule has 0 radical (unpaired) electrons. The molecule has 0 aliphatic heterocycles. The van der Waals surface area contributed by atoms with E-state index < -0.39 is 0 Å². The van der Waals surface area contributed by atoms with Crippen LogP contribution >= 0.6 is 38.5 Å². The third-order valence-electron chi connectivity index (χ3n) is 3.24. The molecule has 0 aliphatic carbocycles. The highest BCUT2D eigenvalue weighted by atomic mass is 127. The van der Waals surface area contributed by atoms with Crippen molar-refractivity contribution in [2.45, 2.75) is 34.1 Å². The van der Waals surface area contributed by atoms with Gasteiger partial charge < -0.3 is 4.98 Å². The van der Waals surface area contributed by atoms with Gasteiger partial charge in [-0.05, 0) is 72.0 Å². The third-order valence-corrected chi connectivity index (χ3v) is 5.61. The van der Waals surface area contributed by atoms with Gasteiger partial charge in [-0.3, -0.25) is 4.79 Å². The molecule has 112 valence electrons. The van der Waals surface area contributed by atoms with Crippen LogP contribution in [0.2, 0.25) is 0 Å². The molecule has 1 heterocycles. The summed E-state index contributed by atoms with van der Waals surface area (Å²) in [6.07, 6.45) is 0.809. The van der Waals surface area contributed by atoms with E-state index in [1.807, 2.05) is 26.0 Å². The van der Waals surface area contributed by atoms with Crippen molar-refractivity contribution in [1.82, 2.24) is 9.97 Å². The lowest BCUT2D eigenvalue weighted by molar-refractivity contribution is 0.631. The molecule has 0 saturated heterocycles. The highest BCUT2D eigenvalue weighted by Crippen LogP contribution is 2.27. The van der Waals surface area contributed by atoms with E-state index in [1.54, 1.807) is 0 Å². The number of hydrogen-bond acceptors (Lipinski definition) is 2. The van der Waals surface area contributed by atoms with E-state index in [0.717, 1.165) is 33.3 Å². The summed E-state index contributed by atoms with van der Waals surface area (Å²) < 4.78 is 1.79. The molecule has 0 fully saturated rings. The summed E-state index contributed by atoms with van der Waals surface area (Å²) in [4.78, 5) is 19.7. The largest absolute Gasteiger partial charge is 0.306 e. The maximum atomic E-state index is 12.1. The molecule has 2 rings (SSSR count). The van der Waals surface area contributed by atoms with E-state index in [1.165, 1.54) is 0 Å². The second-order valence-corrected chi connectivity index (χ2v) is 7.57. The third kappa shape index (κ3) is 3.74. The molecule has 0 aliphatic rings. The Hall–Kier alpha value is -0.690. The van der Waals surface area contributed by atoms with Gasteiger partial charge in [0.1, 0.15) is 5.82 Å². The number of nitrogens with zero attached hydrogens (tertiary/aromatic N) is 1. The molecule has 0 unspecified atom stereocenters. The fourth-order valence-corrected chi connectivity index (χ4v) is 2.95. The molecule has 1 aromatic heterocycles. The molecule has 0 amide bonds. The molecular formula is C16H18BrIN2O. The van der Waals surface area contributed by atoms with Gasteiger partial charge in [0.25, 0.3) is 5.56 Å². The van der Waals surface area contributed by atoms with Gasteiger partial charge in [-0.25, -0.2) is 4.98 Å². The summed E-state index contributed by atoms with van der Waals surface area (Å²) >= 11 is 5.64. The van der Waals surface area contributed by atoms with E-state index in [0.29, 0.717) is 15.3 Å². The van der Waals surface area contributed by atoms with Gasteiger partial charge in [-0.15, -0.1) is 0 Å². The highest BCUT2D eigenvalue weighted by molar-refractivity contribution is 14.1. The minimum atomic E-state index is -0.0607. The van der Waals surface area contributed by atoms with Crippen LogP contribution in [0.25, 0.3) is 11.4 Å². The SMILES string of the molecule is Cc1cc(-c2nc(CC(C)C)c(I)c(=O)[nH]2)cc(C)c1Br. The van der Waals surface area contributed by atoms with E-state index >= 15 is 0 Å². The summed E-state index contributed by atoms with van der Waals surface area (Å²) in [6.45, 7) is 8.35. The number of nitrogens with one attached hydrogen (secondary N) is 1. The minimum Gasteiger partial charge on any atom is -0.306 e. The van der Waals surface area contributed by atoms with Crippen LogP contribution in [0, 0.1) is 23.3 Å². The van der Waals surface area contributed by atoms with E-state index in [2.05, 4.69) is 62.3 Å². The number of aromatic amines is 1. The molecule has 0 saturated carbocycles. The number of halogens is 2. The van der Waals surface area contributed by atoms with Gasteiger partial charge in [0.05, 0.1) is 9.26 Å². The van der Waals surface area contributed by atoms with Gasteiger partial charge in [0.15, 0.2) is 0 Å². The number of aryl methyl sites for hydroxylation is 2. The van der Waals surface area contributed by atoms with Crippen LogP contribution in [-0.4, -0.2) is 9.97 Å². The monoisotopic (exact) mass is 460 g/mol. The lowest BCUT2D eigenvalue weighted by Gasteiger charge is -2.11. The molecular weight excluding hydrogens is 443 g/mol. The molecule has 0 bridgehead atoms. The topological polar surface area (TPSA) is 45.8 Å². The zero-order valence-corrected chi connectivity index (χ0v) is 16.3. The number of rotatable bonds is 3. The molecule has 0 atom stereocenters. The van der Waals surface area contributed by atoms with Crippen LogP contribution in [0.15, 0.2) is 21.4 Å². The Labute approximate surface area is 146 Å². The average Bonchev–Trinajstić information content (AvgIpc) is 2.39. The van der Waals surface area contributed by atoms with Crippen molar-refractivity contribution >= 4 is 38.5 Å². The Bertz CT molecular complexity index is 715. The molecule has 21 heavy (non-hydrogen) atoms. The molecule has 5 heteroatoms. The normalized spacial score (nSPS) is 11.2. The Balaban J connectivity index is 2.59. The first kappa shape index (κ1) is 16.7. The smallest absolute Gasteiger partial charge is 0.264 e. The highest BCUT2D eigenvalue weighted by Gasteiger charge is 2.13. The molecule has 1 N–H and O–H groups in total. The molecule has 1 aromatic carbocycles. The number of H-pyrrole nitrogens is 1. The lowest BCUT2D eigenvalue weighted by Crippen LogP contribution is -2.17. The summed E-state index contributed by atoms with van der Waals surface area (Å²) in [5, 5.41) is 0. The van der Waals surface area contributed by atoms with Crippen LogP contribution in [0.3, 0.4) is 0 Å². The van der Waals surface area contributed by atoms with Crippen molar-refractivity contribution in [1.29, 1.82) is 0 Å². The standard InChI is InChI=1S/C16H18BrIN2O/c1-8(2)5-12-14(18)16(21)20-15(19-12)11-6-9(3)13(17)10(4)7-11/h6-8H,5H2,1-4H3,(H,19,20,21). The molecule has 2 aromatic rings. The van der Waals surface area contributed by atoms with Gasteiger partial charge in [-0.1, -0.05) is 29.8 Å². The first-order valence-electron chi connectivity index (χ1n) is 6.85. The van der Waals surface area contributed by atoms with Crippen LogP contribution in [0.4, 0.5) is 0 Å². The maximum Gasteiger partial charge on any atom is 0.264 e. The zero-order valence-electron chi connectivity index (χ0n) is 12.6. The van der Waals surface area contributed by atoms with Gasteiger partial charge in [0.2, 0.25) is 0 Å². The fourth-order valence-electron chi connectivity index (χ4n) is 2.25. The van der Waals surface area contributed by atoms with Crippen LogP contribution < -0.4 is 5.56 Å². The van der Waals surface area contributed by atoms with Gasteiger partial charge in [0, 0.05) is 10.0 Å². The second kappa shape index (κ2) is 6.60. The van der Waals surface area contributed by atoms with E-state index in [4.69, 9.17) is 0 Å². The van der Waals surface area contributed by atoms with Crippen LogP contribution in [-0.2, 0) is 6.42 Å². The predicted molar refractivity (Wildman–Crippen MR) is 98.7 cm³/mol. The fraction of sp³-hybridized carbons (Fsp3) is 0.375. The molecule has 3 nitrogen and oxygen atoms in total. The second-order valence-electron chi connectivity index (χ2n) is 5.70. The summed E-state index contributed by atoms with van der Waals surface area (Å²) in [7, 11) is 0. The van der Waals surface area contributed by atoms with Crippen molar-refractivity contribution < 1.29 is 0 Å². The zero-order chi connectivity index (χ0) is 15.7. The molecule has 0 spiro atoms. The number of hydrogen-bond donors (Lipinski definition) is 1. The van der Waals surface area contributed by atoms with Crippen molar-refractivity contribution in [3.8, 4) is 11.4 Å². The minimum absolute atomic E-state index is 0.0607. The van der Waals surface area contributed by atoms with E-state index in [9.17, 15) is 4.79 Å². The first-order valence-corrected chi connectivity index (χ1v) is 8.72. The maximum absolute atomic E-state index is 12.1. The Kier molecular flexibility index (Phi) is 5.24. The number of benzene rings is 1. The van der Waals surface area contributed by atoms with E-state index in [-0.39, 0.29) is 5.56 Å². The Morgan fingerprint density at radius 3 is 2.38 bits per heavy atom. The average molecular weight is 461 g/mol. The first-order chi connectivity index (χ1) is 9.79. The van der Waals surface area contributed by atoms with Crippen LogP contribution in [0.1, 0.15) is 30.7 Å². The summed E-state index contributed by atoms with van der Waals surface area (Å²) in [5.41, 5.74) is 4.04. The van der Waals surface area contributed by atoms with Crippen molar-refractivity contribution in [2.24, 2.45) is 5.92 Å². The summed E-state index contributed by atoms with van der Waals surface area (Å²) in [5.74, 6) is 1.11. The number of aromatic nitrogens is 2.